The lowest BCUT2D eigenvalue weighted by molar-refractivity contribution is -0.0737. The minimum absolute atomic E-state index is 0.184. The normalized spacial score (nSPS) is 36.0. The second-order valence-corrected chi connectivity index (χ2v) is 5.36. The minimum atomic E-state index is -1.47. The van der Waals surface area contributed by atoms with E-state index in [1.807, 2.05) is 0 Å². The zero-order chi connectivity index (χ0) is 13.9. The van der Waals surface area contributed by atoms with Gasteiger partial charge in [-0.05, 0) is 12.8 Å². The van der Waals surface area contributed by atoms with Gasteiger partial charge in [0, 0.05) is 5.92 Å². The maximum atomic E-state index is 15.0. The summed E-state index contributed by atoms with van der Waals surface area (Å²) < 4.78 is 22.3. The van der Waals surface area contributed by atoms with Crippen molar-refractivity contribution in [1.82, 2.24) is 19.5 Å². The van der Waals surface area contributed by atoms with E-state index in [4.69, 9.17) is 10.5 Å². The molecule has 2 fully saturated rings. The Bertz CT molecular complexity index is 677. The van der Waals surface area contributed by atoms with Crippen LogP contribution in [0.3, 0.4) is 0 Å². The fourth-order valence-electron chi connectivity index (χ4n) is 3.27. The van der Waals surface area contributed by atoms with E-state index in [9.17, 15) is 5.11 Å². The summed E-state index contributed by atoms with van der Waals surface area (Å²) in [6.45, 7) is -0.184. The van der Waals surface area contributed by atoms with Crippen LogP contribution in [-0.4, -0.2) is 43.0 Å². The van der Waals surface area contributed by atoms with Crippen molar-refractivity contribution >= 4 is 17.0 Å². The molecule has 1 saturated heterocycles. The summed E-state index contributed by atoms with van der Waals surface area (Å²) in [5.41, 5.74) is 5.14. The third-order valence-electron chi connectivity index (χ3n) is 4.44. The van der Waals surface area contributed by atoms with Gasteiger partial charge in [0.1, 0.15) is 11.8 Å². The van der Waals surface area contributed by atoms with E-state index in [0.717, 1.165) is 6.42 Å². The average molecular weight is 279 g/mol. The van der Waals surface area contributed by atoms with Crippen molar-refractivity contribution in [3.63, 3.8) is 0 Å². The summed E-state index contributed by atoms with van der Waals surface area (Å²) in [7, 11) is 0. The Morgan fingerprint density at radius 3 is 3.00 bits per heavy atom. The molecule has 4 rings (SSSR count). The molecule has 2 aliphatic rings. The highest BCUT2D eigenvalue weighted by Crippen LogP contribution is 2.57. The summed E-state index contributed by atoms with van der Waals surface area (Å²) in [6.07, 6.45) is 2.63. The Hall–Kier alpha value is -1.80. The van der Waals surface area contributed by atoms with Gasteiger partial charge in [-0.1, -0.05) is 0 Å². The number of hydrogen-bond acceptors (Lipinski definition) is 6. The third-order valence-corrected chi connectivity index (χ3v) is 4.44. The van der Waals surface area contributed by atoms with Crippen molar-refractivity contribution in [1.29, 1.82) is 0 Å². The highest BCUT2D eigenvalue weighted by Gasteiger charge is 2.63. The number of hydrogen-bond donors (Lipinski definition) is 2. The first-order valence-electron chi connectivity index (χ1n) is 6.53. The number of rotatable bonds is 2. The van der Waals surface area contributed by atoms with Gasteiger partial charge in [0.25, 0.3) is 0 Å². The number of anilines is 1. The first kappa shape index (κ1) is 12.0. The maximum Gasteiger partial charge on any atom is 0.171 e. The van der Waals surface area contributed by atoms with E-state index < -0.39 is 18.0 Å². The minimum Gasteiger partial charge on any atom is -0.394 e. The van der Waals surface area contributed by atoms with Crippen molar-refractivity contribution in [2.75, 3.05) is 12.3 Å². The zero-order valence-electron chi connectivity index (χ0n) is 10.6. The van der Waals surface area contributed by atoms with Gasteiger partial charge in [0.05, 0.1) is 19.0 Å². The first-order chi connectivity index (χ1) is 9.65. The molecule has 0 radical (unpaired) electrons. The third kappa shape index (κ3) is 1.32. The number of aromatic nitrogens is 4. The molecule has 7 nitrogen and oxygen atoms in total. The smallest absolute Gasteiger partial charge is 0.171 e. The number of fused-ring (bicyclic) bond motifs is 2. The topological polar surface area (TPSA) is 99.1 Å². The van der Waals surface area contributed by atoms with Gasteiger partial charge in [0.15, 0.2) is 23.4 Å². The quantitative estimate of drug-likeness (QED) is 0.826. The first-order valence-corrected chi connectivity index (χ1v) is 6.53. The van der Waals surface area contributed by atoms with Crippen LogP contribution in [0.5, 0.6) is 0 Å². The Labute approximate surface area is 113 Å². The van der Waals surface area contributed by atoms with Crippen LogP contribution in [0.15, 0.2) is 12.7 Å². The molecule has 1 aliphatic carbocycles. The molecule has 0 unspecified atom stereocenters. The van der Waals surface area contributed by atoms with Gasteiger partial charge in [-0.25, -0.2) is 19.3 Å². The number of alkyl halides is 1. The predicted octanol–water partition coefficient (Wildman–Crippen LogP) is 0.416. The highest BCUT2D eigenvalue weighted by atomic mass is 19.1. The summed E-state index contributed by atoms with van der Waals surface area (Å²) in [4.78, 5) is 12.1. The molecule has 3 heterocycles. The van der Waals surface area contributed by atoms with Crippen LogP contribution in [-0.2, 0) is 4.74 Å². The van der Waals surface area contributed by atoms with Gasteiger partial charge in [0.2, 0.25) is 0 Å². The van der Waals surface area contributed by atoms with Crippen molar-refractivity contribution in [3.05, 3.63) is 12.7 Å². The lowest BCUT2D eigenvalue weighted by Crippen LogP contribution is -2.47. The molecule has 0 bridgehead atoms. The van der Waals surface area contributed by atoms with Crippen molar-refractivity contribution in [2.24, 2.45) is 5.92 Å². The molecule has 2 aromatic rings. The van der Waals surface area contributed by atoms with E-state index in [1.54, 1.807) is 4.57 Å². The zero-order valence-corrected chi connectivity index (χ0v) is 10.6. The van der Waals surface area contributed by atoms with E-state index in [0.29, 0.717) is 17.6 Å². The highest BCUT2D eigenvalue weighted by molar-refractivity contribution is 5.81. The van der Waals surface area contributed by atoms with E-state index in [2.05, 4.69) is 15.0 Å². The Morgan fingerprint density at radius 1 is 1.50 bits per heavy atom. The predicted molar refractivity (Wildman–Crippen MR) is 67.3 cm³/mol. The van der Waals surface area contributed by atoms with Gasteiger partial charge in [-0.15, -0.1) is 0 Å². The van der Waals surface area contributed by atoms with E-state index >= 15 is 4.39 Å². The molecule has 1 saturated carbocycles. The molecule has 1 aliphatic heterocycles. The maximum absolute atomic E-state index is 15.0. The van der Waals surface area contributed by atoms with Crippen LogP contribution in [0.4, 0.5) is 10.2 Å². The lowest BCUT2D eigenvalue weighted by atomic mass is 9.69. The van der Waals surface area contributed by atoms with Crippen LogP contribution >= 0.6 is 0 Å². The van der Waals surface area contributed by atoms with E-state index in [1.165, 1.54) is 12.7 Å². The SMILES string of the molecule is Nc1ncnc2c1ncn2[C@@H]1O[C@H](CO)[C@H]2CC[C@]21F. The summed E-state index contributed by atoms with van der Waals surface area (Å²) in [6, 6.07) is 0. The van der Waals surface area contributed by atoms with Gasteiger partial charge in [-0.2, -0.15) is 0 Å². The Kier molecular flexibility index (Phi) is 2.31. The molecular formula is C12H14FN5O2. The van der Waals surface area contributed by atoms with Crippen LogP contribution in [0.2, 0.25) is 0 Å². The Morgan fingerprint density at radius 2 is 2.35 bits per heavy atom. The molecule has 106 valence electrons. The van der Waals surface area contributed by atoms with Crippen LogP contribution in [0.25, 0.3) is 11.2 Å². The second kappa shape index (κ2) is 3.86. The molecule has 3 N–H and O–H groups in total. The number of nitrogens with two attached hydrogens (primary N) is 1. The molecule has 0 amide bonds. The lowest BCUT2D eigenvalue weighted by Gasteiger charge is -2.40. The number of halogens is 1. The molecule has 8 heteroatoms. The standard InChI is InChI=1S/C12H14FN5O2/c13-12-2-1-6(12)7(3-19)20-11(12)18-5-17-8-9(14)15-4-16-10(8)18/h4-7,11,19H,1-3H2,(H2,14,15,16)/t6-,7-,11-,12+/m1/s1. The second-order valence-electron chi connectivity index (χ2n) is 5.36. The van der Waals surface area contributed by atoms with Gasteiger partial charge >= 0.3 is 0 Å². The summed E-state index contributed by atoms with van der Waals surface area (Å²) in [5, 5.41) is 9.31. The van der Waals surface area contributed by atoms with Crippen molar-refractivity contribution in [2.45, 2.75) is 30.8 Å². The average Bonchev–Trinajstić information content (AvgIpc) is 2.93. The Balaban J connectivity index is 1.82. The number of nitrogen functional groups attached to an aromatic ring is 1. The number of nitrogens with zero attached hydrogens (tertiary/aromatic N) is 4. The van der Waals surface area contributed by atoms with Crippen LogP contribution in [0, 0.1) is 5.92 Å². The van der Waals surface area contributed by atoms with Crippen LogP contribution < -0.4 is 5.73 Å². The molecule has 2 aromatic heterocycles. The molecule has 4 atom stereocenters. The fourth-order valence-corrected chi connectivity index (χ4v) is 3.27. The van der Waals surface area contributed by atoms with Crippen molar-refractivity contribution < 1.29 is 14.2 Å². The molecular weight excluding hydrogens is 265 g/mol. The van der Waals surface area contributed by atoms with E-state index in [-0.39, 0.29) is 18.3 Å². The largest absolute Gasteiger partial charge is 0.394 e. The number of aliphatic hydroxyl groups excluding tert-OH is 1. The monoisotopic (exact) mass is 279 g/mol. The van der Waals surface area contributed by atoms with Crippen molar-refractivity contribution in [3.8, 4) is 0 Å². The molecule has 20 heavy (non-hydrogen) atoms. The molecule has 0 aromatic carbocycles. The number of ether oxygens (including phenoxy) is 1. The summed E-state index contributed by atoms with van der Waals surface area (Å²) in [5.74, 6) is -0.0161. The number of aliphatic hydroxyl groups is 1. The molecule has 0 spiro atoms. The summed E-state index contributed by atoms with van der Waals surface area (Å²) >= 11 is 0. The van der Waals surface area contributed by atoms with Crippen LogP contribution in [0.1, 0.15) is 19.1 Å². The fraction of sp³-hybridized carbons (Fsp3) is 0.583. The number of imidazole rings is 1. The van der Waals surface area contributed by atoms with Gasteiger partial charge < -0.3 is 15.6 Å². The van der Waals surface area contributed by atoms with Gasteiger partial charge in [-0.3, -0.25) is 4.57 Å².